The van der Waals surface area contributed by atoms with E-state index in [4.69, 9.17) is 0 Å². The molecular formula is C12H20N4O3. The SMILES string of the molecule is CCNC(=O)C1CNCCN1C(=O)C1CNC(=O)C1. The van der Waals surface area contributed by atoms with Gasteiger partial charge in [-0.2, -0.15) is 0 Å². The highest BCUT2D eigenvalue weighted by molar-refractivity contribution is 5.92. The number of piperazine rings is 1. The summed E-state index contributed by atoms with van der Waals surface area (Å²) in [5.74, 6) is -0.665. The second-order valence-corrected chi connectivity index (χ2v) is 4.85. The van der Waals surface area contributed by atoms with E-state index in [9.17, 15) is 14.4 Å². The molecule has 0 aromatic carbocycles. The number of rotatable bonds is 3. The summed E-state index contributed by atoms with van der Waals surface area (Å²) in [7, 11) is 0. The van der Waals surface area contributed by atoms with E-state index < -0.39 is 6.04 Å². The maximum atomic E-state index is 12.4. The summed E-state index contributed by atoms with van der Waals surface area (Å²) in [5.41, 5.74) is 0. The molecule has 0 saturated carbocycles. The van der Waals surface area contributed by atoms with Gasteiger partial charge in [0.1, 0.15) is 6.04 Å². The molecule has 2 heterocycles. The molecule has 7 nitrogen and oxygen atoms in total. The maximum Gasteiger partial charge on any atom is 0.244 e. The Balaban J connectivity index is 2.04. The van der Waals surface area contributed by atoms with E-state index in [1.165, 1.54) is 0 Å². The summed E-state index contributed by atoms with van der Waals surface area (Å²) in [5, 5.41) is 8.52. The minimum atomic E-state index is -0.475. The molecule has 2 rings (SSSR count). The largest absolute Gasteiger partial charge is 0.355 e. The molecule has 0 spiro atoms. The first-order valence-electron chi connectivity index (χ1n) is 6.69. The van der Waals surface area contributed by atoms with Crippen LogP contribution in [-0.4, -0.2) is 61.4 Å². The molecule has 0 aromatic heterocycles. The second kappa shape index (κ2) is 6.01. The molecule has 2 aliphatic heterocycles. The highest BCUT2D eigenvalue weighted by atomic mass is 16.2. The monoisotopic (exact) mass is 268 g/mol. The summed E-state index contributed by atoms with van der Waals surface area (Å²) in [6.07, 6.45) is 0.227. The average molecular weight is 268 g/mol. The van der Waals surface area contributed by atoms with Crippen molar-refractivity contribution in [1.29, 1.82) is 0 Å². The fraction of sp³-hybridized carbons (Fsp3) is 0.750. The van der Waals surface area contributed by atoms with Gasteiger partial charge in [0.05, 0.1) is 5.92 Å². The summed E-state index contributed by atoms with van der Waals surface area (Å²) in [4.78, 5) is 37.1. The van der Waals surface area contributed by atoms with Crippen LogP contribution < -0.4 is 16.0 Å². The average Bonchev–Trinajstić information content (AvgIpc) is 2.85. The number of carbonyl (C=O) groups excluding carboxylic acids is 3. The van der Waals surface area contributed by atoms with Crippen LogP contribution in [0.2, 0.25) is 0 Å². The molecule has 106 valence electrons. The molecule has 2 fully saturated rings. The first-order chi connectivity index (χ1) is 9.13. The number of nitrogens with one attached hydrogen (secondary N) is 3. The quantitative estimate of drug-likeness (QED) is 0.555. The predicted molar refractivity (Wildman–Crippen MR) is 68.2 cm³/mol. The first-order valence-corrected chi connectivity index (χ1v) is 6.69. The van der Waals surface area contributed by atoms with Crippen molar-refractivity contribution in [2.24, 2.45) is 5.92 Å². The van der Waals surface area contributed by atoms with Gasteiger partial charge in [-0.3, -0.25) is 14.4 Å². The Morgan fingerprint density at radius 2 is 2.21 bits per heavy atom. The third-order valence-electron chi connectivity index (χ3n) is 3.51. The molecule has 2 unspecified atom stereocenters. The maximum absolute atomic E-state index is 12.4. The summed E-state index contributed by atoms with van der Waals surface area (Å²) < 4.78 is 0. The van der Waals surface area contributed by atoms with Gasteiger partial charge in [0.15, 0.2) is 0 Å². The Morgan fingerprint density at radius 3 is 2.84 bits per heavy atom. The van der Waals surface area contributed by atoms with Gasteiger partial charge >= 0.3 is 0 Å². The van der Waals surface area contributed by atoms with E-state index in [2.05, 4.69) is 16.0 Å². The number of likely N-dealkylation sites (N-methyl/N-ethyl adjacent to an activating group) is 1. The molecule has 2 aliphatic rings. The van der Waals surface area contributed by atoms with Crippen LogP contribution in [0.3, 0.4) is 0 Å². The van der Waals surface area contributed by atoms with Crippen molar-refractivity contribution < 1.29 is 14.4 Å². The number of hydrogen-bond donors (Lipinski definition) is 3. The van der Waals surface area contributed by atoms with Crippen molar-refractivity contribution in [2.75, 3.05) is 32.7 Å². The Hall–Kier alpha value is -1.63. The van der Waals surface area contributed by atoms with Gasteiger partial charge in [-0.05, 0) is 6.92 Å². The Bertz CT molecular complexity index is 385. The molecule has 2 atom stereocenters. The summed E-state index contributed by atoms with van der Waals surface area (Å²) >= 11 is 0. The predicted octanol–water partition coefficient (Wildman–Crippen LogP) is -1.94. The van der Waals surface area contributed by atoms with Crippen LogP contribution >= 0.6 is 0 Å². The van der Waals surface area contributed by atoms with Gasteiger partial charge < -0.3 is 20.9 Å². The smallest absolute Gasteiger partial charge is 0.244 e. The van der Waals surface area contributed by atoms with Crippen LogP contribution in [0.15, 0.2) is 0 Å². The van der Waals surface area contributed by atoms with Gasteiger partial charge in [0.25, 0.3) is 0 Å². The molecule has 3 N–H and O–H groups in total. The number of nitrogens with zero attached hydrogens (tertiary/aromatic N) is 1. The summed E-state index contributed by atoms with van der Waals surface area (Å²) in [6.45, 7) is 4.41. The highest BCUT2D eigenvalue weighted by Gasteiger charge is 2.37. The van der Waals surface area contributed by atoms with Crippen LogP contribution in [0.4, 0.5) is 0 Å². The van der Waals surface area contributed by atoms with Crippen molar-refractivity contribution in [2.45, 2.75) is 19.4 Å². The standard InChI is InChI=1S/C12H20N4O3/c1-2-14-11(18)9-7-13-3-4-16(9)12(19)8-5-10(17)15-6-8/h8-9,13H,2-7H2,1H3,(H,14,18)(H,15,17). The molecule has 0 radical (unpaired) electrons. The third kappa shape index (κ3) is 3.04. The number of hydrogen-bond acceptors (Lipinski definition) is 4. The van der Waals surface area contributed by atoms with E-state index in [1.54, 1.807) is 4.90 Å². The Morgan fingerprint density at radius 1 is 1.42 bits per heavy atom. The van der Waals surface area contributed by atoms with Crippen molar-refractivity contribution in [1.82, 2.24) is 20.9 Å². The van der Waals surface area contributed by atoms with Gasteiger partial charge in [-0.15, -0.1) is 0 Å². The molecule has 3 amide bonds. The molecule has 2 saturated heterocycles. The molecule has 19 heavy (non-hydrogen) atoms. The zero-order chi connectivity index (χ0) is 13.8. The Labute approximate surface area is 112 Å². The fourth-order valence-electron chi connectivity index (χ4n) is 2.51. The van der Waals surface area contributed by atoms with Crippen LogP contribution in [0.1, 0.15) is 13.3 Å². The topological polar surface area (TPSA) is 90.5 Å². The minimum Gasteiger partial charge on any atom is -0.355 e. The summed E-state index contributed by atoms with van der Waals surface area (Å²) in [6, 6.07) is -0.475. The van der Waals surface area contributed by atoms with Crippen molar-refractivity contribution in [3.63, 3.8) is 0 Å². The first kappa shape index (κ1) is 13.8. The van der Waals surface area contributed by atoms with Crippen molar-refractivity contribution >= 4 is 17.7 Å². The minimum absolute atomic E-state index is 0.0944. The third-order valence-corrected chi connectivity index (χ3v) is 3.51. The van der Waals surface area contributed by atoms with Crippen LogP contribution in [0.25, 0.3) is 0 Å². The normalized spacial score (nSPS) is 27.0. The van der Waals surface area contributed by atoms with E-state index in [0.717, 1.165) is 0 Å². The lowest BCUT2D eigenvalue weighted by Gasteiger charge is -2.36. The molecule has 7 heteroatoms. The molecule has 0 bridgehead atoms. The van der Waals surface area contributed by atoms with E-state index in [-0.39, 0.29) is 30.1 Å². The van der Waals surface area contributed by atoms with E-state index in [1.807, 2.05) is 6.92 Å². The van der Waals surface area contributed by atoms with Crippen molar-refractivity contribution in [3.8, 4) is 0 Å². The van der Waals surface area contributed by atoms with Crippen molar-refractivity contribution in [3.05, 3.63) is 0 Å². The van der Waals surface area contributed by atoms with E-state index in [0.29, 0.717) is 32.7 Å². The molecular weight excluding hydrogens is 248 g/mol. The lowest BCUT2D eigenvalue weighted by atomic mass is 10.0. The Kier molecular flexibility index (Phi) is 4.36. The van der Waals surface area contributed by atoms with Gasteiger partial charge in [0, 0.05) is 39.1 Å². The van der Waals surface area contributed by atoms with Gasteiger partial charge in [-0.1, -0.05) is 0 Å². The van der Waals surface area contributed by atoms with Crippen LogP contribution in [0, 0.1) is 5.92 Å². The zero-order valence-electron chi connectivity index (χ0n) is 11.1. The number of carbonyl (C=O) groups is 3. The lowest BCUT2D eigenvalue weighted by molar-refractivity contribution is -0.144. The van der Waals surface area contributed by atoms with Crippen LogP contribution in [-0.2, 0) is 14.4 Å². The second-order valence-electron chi connectivity index (χ2n) is 4.85. The highest BCUT2D eigenvalue weighted by Crippen LogP contribution is 2.16. The molecule has 0 aliphatic carbocycles. The zero-order valence-corrected chi connectivity index (χ0v) is 11.1. The fourth-order valence-corrected chi connectivity index (χ4v) is 2.51. The molecule has 0 aromatic rings. The van der Waals surface area contributed by atoms with Gasteiger partial charge in [0.2, 0.25) is 17.7 Å². The van der Waals surface area contributed by atoms with Crippen LogP contribution in [0.5, 0.6) is 0 Å². The lowest BCUT2D eigenvalue weighted by Crippen LogP contribution is -2.60. The number of amides is 3. The van der Waals surface area contributed by atoms with Gasteiger partial charge in [-0.25, -0.2) is 0 Å². The van der Waals surface area contributed by atoms with E-state index >= 15 is 0 Å².